The summed E-state index contributed by atoms with van der Waals surface area (Å²) in [4.78, 5) is 12.9. The van der Waals surface area contributed by atoms with E-state index in [4.69, 9.17) is 9.15 Å². The second kappa shape index (κ2) is 9.73. The molecule has 3 aromatic rings. The Morgan fingerprint density at radius 2 is 1.86 bits per heavy atom. The van der Waals surface area contributed by atoms with Gasteiger partial charge in [0.2, 0.25) is 5.43 Å². The van der Waals surface area contributed by atoms with Crippen molar-refractivity contribution in [3.05, 3.63) is 64.5 Å². The van der Waals surface area contributed by atoms with Crippen molar-refractivity contribution in [3.8, 4) is 16.9 Å². The van der Waals surface area contributed by atoms with Gasteiger partial charge in [0, 0.05) is 18.7 Å². The molecular weight excluding hydrogens is 378 g/mol. The zero-order valence-electron chi connectivity index (χ0n) is 16.3. The molecule has 0 saturated carbocycles. The minimum atomic E-state index is -0.614. The third-order valence-corrected chi connectivity index (χ3v) is 4.31. The molecule has 1 unspecified atom stereocenters. The van der Waals surface area contributed by atoms with Gasteiger partial charge in [-0.2, -0.15) is 0 Å². The minimum absolute atomic E-state index is 0. The third kappa shape index (κ3) is 5.13. The average molecular weight is 404 g/mol. The van der Waals surface area contributed by atoms with Crippen LogP contribution in [0.3, 0.4) is 0 Å². The van der Waals surface area contributed by atoms with Gasteiger partial charge in [-0.25, -0.2) is 0 Å². The smallest absolute Gasteiger partial charge is 0.200 e. The number of aryl methyl sites for hydroxylation is 1. The molecule has 0 aliphatic rings. The predicted molar refractivity (Wildman–Crippen MR) is 115 cm³/mol. The summed E-state index contributed by atoms with van der Waals surface area (Å²) in [5.41, 5.74) is 1.83. The molecule has 0 saturated heterocycles. The topological polar surface area (TPSA) is 71.7 Å². The zero-order chi connectivity index (χ0) is 19.4. The molecule has 0 amide bonds. The molecule has 1 aromatic heterocycles. The van der Waals surface area contributed by atoms with Crippen LogP contribution in [0.1, 0.15) is 19.6 Å². The van der Waals surface area contributed by atoms with Crippen LogP contribution in [-0.2, 0) is 0 Å². The molecule has 0 spiro atoms. The molecule has 0 aliphatic carbocycles. The largest absolute Gasteiger partial charge is 0.491 e. The Bertz CT molecular complexity index is 969. The first-order chi connectivity index (χ1) is 13.0. The van der Waals surface area contributed by atoms with E-state index in [0.717, 1.165) is 5.56 Å². The fourth-order valence-electron chi connectivity index (χ4n) is 2.94. The van der Waals surface area contributed by atoms with Gasteiger partial charge in [-0.3, -0.25) is 4.79 Å². The molecule has 3 rings (SSSR count). The lowest BCUT2D eigenvalue weighted by Gasteiger charge is -2.15. The van der Waals surface area contributed by atoms with Gasteiger partial charge in [0.05, 0.1) is 10.9 Å². The predicted octanol–water partition coefficient (Wildman–Crippen LogP) is 3.93. The van der Waals surface area contributed by atoms with Crippen LogP contribution in [0.2, 0.25) is 0 Å². The summed E-state index contributed by atoms with van der Waals surface area (Å²) < 4.78 is 11.6. The number of rotatable bonds is 7. The number of aliphatic hydroxyl groups is 1. The Balaban J connectivity index is 0.00000280. The van der Waals surface area contributed by atoms with Crippen LogP contribution in [0.5, 0.6) is 5.75 Å². The molecule has 6 heteroatoms. The molecule has 0 aliphatic heterocycles. The lowest BCUT2D eigenvalue weighted by atomic mass is 10.0. The van der Waals surface area contributed by atoms with Gasteiger partial charge in [0.15, 0.2) is 0 Å². The van der Waals surface area contributed by atoms with Gasteiger partial charge in [0.1, 0.15) is 29.8 Å². The second-order valence-electron chi connectivity index (χ2n) is 6.91. The van der Waals surface area contributed by atoms with E-state index in [1.807, 2.05) is 44.2 Å². The molecule has 1 heterocycles. The second-order valence-corrected chi connectivity index (χ2v) is 6.91. The van der Waals surface area contributed by atoms with Crippen LogP contribution in [0.4, 0.5) is 0 Å². The van der Waals surface area contributed by atoms with Crippen LogP contribution in [0.15, 0.2) is 57.7 Å². The number of halogens is 1. The number of fused-ring (bicyclic) bond motifs is 1. The summed E-state index contributed by atoms with van der Waals surface area (Å²) in [6.07, 6.45) is -0.614. The van der Waals surface area contributed by atoms with E-state index in [1.165, 1.54) is 0 Å². The van der Waals surface area contributed by atoms with Crippen molar-refractivity contribution in [2.45, 2.75) is 32.9 Å². The van der Waals surface area contributed by atoms with Gasteiger partial charge in [-0.1, -0.05) is 44.2 Å². The minimum Gasteiger partial charge on any atom is -0.491 e. The van der Waals surface area contributed by atoms with E-state index in [1.54, 1.807) is 25.1 Å². The molecule has 0 radical (unpaired) electrons. The first-order valence-corrected chi connectivity index (χ1v) is 9.13. The van der Waals surface area contributed by atoms with E-state index in [-0.39, 0.29) is 24.4 Å². The van der Waals surface area contributed by atoms with Crippen molar-refractivity contribution in [3.63, 3.8) is 0 Å². The fraction of sp³-hybridized carbons (Fsp3) is 0.318. The number of hydrogen-bond donors (Lipinski definition) is 2. The fourth-order valence-corrected chi connectivity index (χ4v) is 2.94. The van der Waals surface area contributed by atoms with Gasteiger partial charge >= 0.3 is 0 Å². The Morgan fingerprint density at radius 3 is 2.54 bits per heavy atom. The molecule has 28 heavy (non-hydrogen) atoms. The summed E-state index contributed by atoms with van der Waals surface area (Å²) in [6.45, 7) is 6.45. The maximum absolute atomic E-state index is 12.9. The highest BCUT2D eigenvalue weighted by molar-refractivity contribution is 5.85. The molecule has 0 bridgehead atoms. The monoisotopic (exact) mass is 403 g/mol. The third-order valence-electron chi connectivity index (χ3n) is 4.31. The highest BCUT2D eigenvalue weighted by Gasteiger charge is 2.14. The molecule has 2 aromatic carbocycles. The van der Waals surface area contributed by atoms with Crippen molar-refractivity contribution >= 4 is 23.4 Å². The Hall–Kier alpha value is -2.34. The van der Waals surface area contributed by atoms with Gasteiger partial charge in [-0.15, -0.1) is 12.4 Å². The van der Waals surface area contributed by atoms with Crippen molar-refractivity contribution in [2.24, 2.45) is 0 Å². The lowest BCUT2D eigenvalue weighted by molar-refractivity contribution is 0.104. The van der Waals surface area contributed by atoms with Crippen LogP contribution < -0.4 is 15.5 Å². The summed E-state index contributed by atoms with van der Waals surface area (Å²) in [5, 5.41) is 13.6. The normalized spacial score (nSPS) is 12.0. The highest BCUT2D eigenvalue weighted by atomic mass is 35.5. The average Bonchev–Trinajstić information content (AvgIpc) is 2.65. The van der Waals surface area contributed by atoms with Crippen LogP contribution >= 0.6 is 12.4 Å². The Morgan fingerprint density at radius 1 is 1.14 bits per heavy atom. The Labute approximate surface area is 170 Å². The standard InChI is InChI=1S/C22H25NO4.ClH/c1-14(2)23-12-17(24)13-26-18-9-10-19-20(11-18)27-15(3)21(22(19)25)16-7-5-4-6-8-16;/h4-11,14,17,23-24H,12-13H2,1-3H3;1H. The van der Waals surface area contributed by atoms with Crippen molar-refractivity contribution < 1.29 is 14.3 Å². The van der Waals surface area contributed by atoms with Crippen molar-refractivity contribution in [1.29, 1.82) is 0 Å². The number of nitrogens with one attached hydrogen (secondary N) is 1. The van der Waals surface area contributed by atoms with E-state index in [0.29, 0.717) is 40.6 Å². The van der Waals surface area contributed by atoms with Gasteiger partial charge in [-0.05, 0) is 24.6 Å². The molecular formula is C22H26ClNO4. The van der Waals surface area contributed by atoms with E-state index >= 15 is 0 Å². The maximum Gasteiger partial charge on any atom is 0.200 e. The molecule has 2 N–H and O–H groups in total. The molecule has 0 fully saturated rings. The van der Waals surface area contributed by atoms with Gasteiger partial charge in [0.25, 0.3) is 0 Å². The summed E-state index contributed by atoms with van der Waals surface area (Å²) >= 11 is 0. The van der Waals surface area contributed by atoms with Crippen molar-refractivity contribution in [2.75, 3.05) is 13.2 Å². The van der Waals surface area contributed by atoms with Crippen LogP contribution in [0, 0.1) is 6.92 Å². The number of aliphatic hydroxyl groups excluding tert-OH is 1. The number of ether oxygens (including phenoxy) is 1. The Kier molecular flexibility index (Phi) is 7.63. The first-order valence-electron chi connectivity index (χ1n) is 9.13. The van der Waals surface area contributed by atoms with E-state index < -0.39 is 6.10 Å². The first kappa shape index (κ1) is 22.0. The summed E-state index contributed by atoms with van der Waals surface area (Å²) in [7, 11) is 0. The molecule has 5 nitrogen and oxygen atoms in total. The quantitative estimate of drug-likeness (QED) is 0.625. The molecule has 1 atom stereocenters. The SMILES string of the molecule is Cc1oc2cc(OCC(O)CNC(C)C)ccc2c(=O)c1-c1ccccc1.Cl. The zero-order valence-corrected chi connectivity index (χ0v) is 17.1. The van der Waals surface area contributed by atoms with Crippen molar-refractivity contribution in [1.82, 2.24) is 5.32 Å². The lowest BCUT2D eigenvalue weighted by Crippen LogP contribution is -2.35. The highest BCUT2D eigenvalue weighted by Crippen LogP contribution is 2.26. The van der Waals surface area contributed by atoms with E-state index in [9.17, 15) is 9.90 Å². The summed E-state index contributed by atoms with van der Waals surface area (Å²) in [5.74, 6) is 1.12. The summed E-state index contributed by atoms with van der Waals surface area (Å²) in [6, 6.07) is 14.9. The number of hydrogen-bond acceptors (Lipinski definition) is 5. The van der Waals surface area contributed by atoms with Crippen LogP contribution in [-0.4, -0.2) is 30.4 Å². The van der Waals surface area contributed by atoms with Gasteiger partial charge < -0.3 is 19.6 Å². The van der Waals surface area contributed by atoms with Crippen LogP contribution in [0.25, 0.3) is 22.1 Å². The number of benzene rings is 2. The maximum atomic E-state index is 12.9. The van der Waals surface area contributed by atoms with E-state index in [2.05, 4.69) is 5.32 Å². The molecule has 150 valence electrons.